The van der Waals surface area contributed by atoms with E-state index in [-0.39, 0.29) is 13.2 Å². The summed E-state index contributed by atoms with van der Waals surface area (Å²) in [6, 6.07) is 85.9. The van der Waals surface area contributed by atoms with E-state index >= 15 is 0 Å². The van der Waals surface area contributed by atoms with Gasteiger partial charge in [0.15, 0.2) is 93.7 Å². The van der Waals surface area contributed by atoms with Crippen LogP contribution in [0.2, 0.25) is 0 Å². The van der Waals surface area contributed by atoms with Crippen LogP contribution in [0.3, 0.4) is 0 Å². The third kappa shape index (κ3) is 53.3. The summed E-state index contributed by atoms with van der Waals surface area (Å²) >= 11 is 3.36. The van der Waals surface area contributed by atoms with Gasteiger partial charge in [-0.2, -0.15) is 8.42 Å². The molecule has 0 atom stereocenters. The first kappa shape index (κ1) is 115. The maximum atomic E-state index is 10.7. The Morgan fingerprint density at radius 1 is 0.298 bits per heavy atom. The predicted molar refractivity (Wildman–Crippen MR) is 516 cm³/mol. The van der Waals surface area contributed by atoms with E-state index in [9.17, 15) is 8.42 Å². The Morgan fingerprint density at radius 2 is 0.450 bits per heavy atom. The summed E-state index contributed by atoms with van der Waals surface area (Å²) < 4.78 is 50.9. The zero-order valence-corrected chi connectivity index (χ0v) is 75.2. The van der Waals surface area contributed by atoms with Crippen molar-refractivity contribution in [3.05, 3.63) is 499 Å². The Morgan fingerprint density at radius 3 is 0.588 bits per heavy atom. The Labute approximate surface area is 774 Å². The Bertz CT molecular complexity index is 5160. The first-order valence-corrected chi connectivity index (χ1v) is 40.2. The summed E-state index contributed by atoms with van der Waals surface area (Å²) in [4.78, 5) is 61.1. The molecule has 0 fully saturated rings. The van der Waals surface area contributed by atoms with Crippen LogP contribution in [-0.4, -0.2) is 79.3 Å². The molecule has 0 aliphatic heterocycles. The molecule has 12 aromatic carbocycles. The summed E-state index contributed by atoms with van der Waals surface area (Å²) in [5, 5.41) is 27.2. The molecule has 658 valence electrons. The molecule has 0 amide bonds. The molecule has 0 heterocycles. The number of nitro groups is 2. The van der Waals surface area contributed by atoms with Crippen LogP contribution in [0.25, 0.3) is 67.8 Å². The predicted octanol–water partition coefficient (Wildman–Crippen LogP) is 28.5. The second-order valence-electron chi connectivity index (χ2n) is 23.9. The smallest absolute Gasteiger partial charge is 0.264 e. The number of hydrogen-bond acceptors (Lipinski definition) is 13. The summed E-state index contributed by atoms with van der Waals surface area (Å²) in [5.74, 6) is 4.30. The minimum atomic E-state index is -3.37. The van der Waals surface area contributed by atoms with Gasteiger partial charge in [0.05, 0.1) is 147 Å². The number of hydrogen-bond donors (Lipinski definition) is 1. The Hall–Kier alpha value is -18.4. The topological polar surface area (TPSA) is 257 Å². The lowest BCUT2D eigenvalue weighted by Gasteiger charge is -2.03. The van der Waals surface area contributed by atoms with Gasteiger partial charge in [-0.05, 0) is 96.3 Å². The highest BCUT2D eigenvalue weighted by Gasteiger charge is 2.05. The van der Waals surface area contributed by atoms with Crippen LogP contribution < -0.4 is 23.7 Å². The molecule has 29 nitrogen and oxygen atoms in total. The van der Waals surface area contributed by atoms with Crippen molar-refractivity contribution in [2.24, 2.45) is 0 Å². The van der Waals surface area contributed by atoms with Crippen LogP contribution in [0.5, 0.6) is 28.7 Å². The molecule has 0 spiro atoms. The molecule has 12 rings (SSSR count). The van der Waals surface area contributed by atoms with Gasteiger partial charge in [0, 0.05) is 15.2 Å². The third-order valence-electron chi connectivity index (χ3n) is 14.9. The van der Waals surface area contributed by atoms with Crippen molar-refractivity contribution in [2.45, 2.75) is 38.8 Å². The molecule has 0 aromatic heterocycles. The molecular formula is C100H87BrN16O13S. The molecule has 12 aromatic rings. The number of halogens is 1. The summed E-state index contributed by atoms with van der Waals surface area (Å²) in [5.41, 5.74) is 11.6. The molecular weight excluding hydrogens is 1750 g/mol. The van der Waals surface area contributed by atoms with Crippen LogP contribution in [0, 0.1) is 119 Å². The van der Waals surface area contributed by atoms with Crippen molar-refractivity contribution in [3.63, 3.8) is 0 Å². The second-order valence-corrected chi connectivity index (χ2v) is 26.1. The van der Waals surface area contributed by atoms with Crippen molar-refractivity contribution in [2.75, 3.05) is 55.9 Å². The van der Waals surface area contributed by atoms with Gasteiger partial charge < -0.3 is 28.8 Å². The minimum absolute atomic E-state index is 0.0584. The van der Waals surface area contributed by atoms with Crippen molar-refractivity contribution >= 4 is 106 Å². The first-order chi connectivity index (χ1) is 63.1. The molecule has 0 saturated carbocycles. The van der Waals surface area contributed by atoms with E-state index < -0.39 is 20.0 Å². The van der Waals surface area contributed by atoms with Crippen molar-refractivity contribution in [3.8, 4) is 28.7 Å². The Balaban J connectivity index is 0. The number of benzene rings is 12. The number of aliphatic hydroxyl groups excluding tert-OH is 1. The van der Waals surface area contributed by atoms with E-state index in [1.165, 1.54) is 16.7 Å². The molecule has 0 aliphatic rings. The number of aliphatic hydroxyl groups is 1. The largest absolute Gasteiger partial charge is 0.497 e. The first-order valence-electron chi connectivity index (χ1n) is 37.2. The minimum Gasteiger partial charge on any atom is -0.497 e. The second kappa shape index (κ2) is 72.1. The van der Waals surface area contributed by atoms with Crippen LogP contribution in [0.4, 0.5) is 79.6 Å². The van der Waals surface area contributed by atoms with Crippen LogP contribution in [0.1, 0.15) is 34.7 Å². The number of alkyl halides is 1. The van der Waals surface area contributed by atoms with E-state index in [2.05, 4.69) is 114 Å². The van der Waals surface area contributed by atoms with Gasteiger partial charge >= 0.3 is 0 Å². The maximum absolute atomic E-state index is 10.7. The fourth-order valence-corrected chi connectivity index (χ4v) is 9.17. The summed E-state index contributed by atoms with van der Waals surface area (Å²) in [6.07, 6.45) is 2.11. The van der Waals surface area contributed by atoms with Crippen LogP contribution in [0.15, 0.2) is 291 Å². The molecule has 0 bridgehead atoms. The van der Waals surface area contributed by atoms with E-state index in [4.69, 9.17) is 141 Å². The Kier molecular flexibility index (Phi) is 63.2. The number of nitrogens with zero attached hydrogens (tertiary/aromatic N) is 16. The zero-order valence-electron chi connectivity index (χ0n) is 72.8. The monoisotopic (exact) mass is 1830 g/mol. The number of rotatable bonds is 11. The summed E-state index contributed by atoms with van der Waals surface area (Å²) in [6.45, 7) is 97.7. The lowest BCUT2D eigenvalue weighted by molar-refractivity contribution is -0.445. The number of aryl methyl sites for hydroxylation is 2. The van der Waals surface area contributed by atoms with Crippen molar-refractivity contribution in [1.82, 2.24) is 0 Å². The molecule has 0 saturated heterocycles. The normalized spacial score (nSPS) is 8.53. The van der Waals surface area contributed by atoms with E-state index in [0.29, 0.717) is 79.6 Å². The maximum Gasteiger partial charge on any atom is 0.264 e. The third-order valence-corrected chi connectivity index (χ3v) is 16.1. The van der Waals surface area contributed by atoms with Gasteiger partial charge in [-0.3, -0.25) is 92.2 Å². The average molecular weight is 1830 g/mol. The quantitative estimate of drug-likeness (QED) is 0.0416. The average Bonchev–Trinajstić information content (AvgIpc) is 0.901. The molecule has 0 radical (unpaired) electrons. The number of para-hydroxylation sites is 14. The van der Waals surface area contributed by atoms with Crippen molar-refractivity contribution in [1.29, 1.82) is 0 Å². The van der Waals surface area contributed by atoms with Gasteiger partial charge in [-0.25, -0.2) is 0 Å². The van der Waals surface area contributed by atoms with E-state index in [1.54, 1.807) is 230 Å². The highest BCUT2D eigenvalue weighted by Crippen LogP contribution is 2.32. The van der Waals surface area contributed by atoms with Crippen molar-refractivity contribution < 1.29 is 51.2 Å². The van der Waals surface area contributed by atoms with Gasteiger partial charge in [-0.1, -0.05) is 259 Å². The fourth-order valence-electron chi connectivity index (χ4n) is 8.45. The van der Waals surface area contributed by atoms with Gasteiger partial charge in [0.25, 0.3) is 10.1 Å². The number of methoxy groups -OCH3 is 5. The highest BCUT2D eigenvalue weighted by molar-refractivity contribution is 9.08. The highest BCUT2D eigenvalue weighted by atomic mass is 79.9. The standard InChI is InChI=1S/C9H12O4S.C9H12O.C8H9BrO.7C8H4N2.C8H10O2.C8H10O.2CH3NO2/c1-12-9-5-3-8(4-6-9)7-13-14(2,10)11;1-3-8-4-6-9(10-2)7-5-8;1-10-8-4-2-7(6-9)3-5-8;7*1-9-7-5-3-4-6-8(7)10-2;1-10-8-4-2-7(6-9)3-5-8;1-7-3-5-8(9-2)6-4-7;2*1-2(3)4/h3-6H,7H2,1-2H3;4-7H,3H2,1-2H3;2-5H,6H2,1H3;7*3-6H;2-5,9H,6H2,1H3;3-6H,1-2H3;2*1H3. The molecule has 1 N–H and O–H groups in total. The SMILES string of the molecule is CCc1ccc(OC)cc1.COc1ccc(C)cc1.COc1ccc(CBr)cc1.COc1ccc(CO)cc1.COc1ccc(COS(C)(=O)=O)cc1.C[N+](=O)[O-].C[N+](=O)[O-].[C-]#[N+]c1ccccc1[N+]#[C-].[C-]#[N+]c1ccccc1[N+]#[C-].[C-]#[N+]c1ccccc1[N+]#[C-].[C-]#[N+]c1ccccc1[N+]#[C-].[C-]#[N+]c1ccccc1[N+]#[C-].[C-]#[N+]c1ccccc1[N+]#[C-].[C-]#[N+]c1ccccc1[N+]#[C-]. The lowest BCUT2D eigenvalue weighted by Crippen LogP contribution is -2.02. The number of ether oxygens (including phenoxy) is 5. The van der Waals surface area contributed by atoms with E-state index in [0.717, 1.165) is 72.0 Å². The van der Waals surface area contributed by atoms with Gasteiger partial charge in [-0.15, -0.1) is 0 Å². The van der Waals surface area contributed by atoms with Gasteiger partial charge in [0.1, 0.15) is 28.7 Å². The molecule has 0 unspecified atom stereocenters. The van der Waals surface area contributed by atoms with E-state index in [1.807, 2.05) is 84.9 Å². The zero-order chi connectivity index (χ0) is 98.4. The van der Waals surface area contributed by atoms with Gasteiger partial charge in [0.2, 0.25) is 0 Å². The molecule has 31 heteroatoms. The van der Waals surface area contributed by atoms with Crippen LogP contribution in [-0.2, 0) is 39.3 Å². The lowest BCUT2D eigenvalue weighted by atomic mass is 10.2. The molecule has 131 heavy (non-hydrogen) atoms. The van der Waals surface area contributed by atoms with Crippen LogP contribution >= 0.6 is 15.9 Å². The summed E-state index contributed by atoms with van der Waals surface area (Å²) in [7, 11) is 6.62. The molecule has 0 aliphatic carbocycles. The fraction of sp³-hybridized carbons (Fsp3) is 0.140.